The maximum atomic E-state index is 13.0. The van der Waals surface area contributed by atoms with Gasteiger partial charge in [-0.25, -0.2) is 0 Å². The molecule has 0 aromatic rings. The number of nitrogens with one attached hydrogen (secondary N) is 1. The molecular weight excluding hydrogens is 909 g/mol. The first-order chi connectivity index (χ1) is 34.0. The van der Waals surface area contributed by atoms with E-state index < -0.39 is 0 Å². The lowest BCUT2D eigenvalue weighted by molar-refractivity contribution is -0.215. The van der Waals surface area contributed by atoms with Crippen molar-refractivity contribution in [1.82, 2.24) is 5.32 Å². The minimum atomic E-state index is -0.106. The predicted octanol–water partition coefficient (Wildman–Crippen LogP) is 16.4. The molecule has 1 amide bonds. The zero-order chi connectivity index (χ0) is 54.1. The molecule has 8 aliphatic carbocycles. The SMILES string of the molecule is CC.CC.CC(CCC(=O)NCCSO)C1CCC2C3C(O)CC4CCCCC4(C)C3CCC12C.CCC(C)(C)C(C)(C)CC(=O)CCCC1CCC2C3C(O)CC4CCCCC4(C)C3(C)CCC12C.CN. The van der Waals surface area contributed by atoms with Crippen molar-refractivity contribution >= 4 is 23.7 Å². The highest BCUT2D eigenvalue weighted by molar-refractivity contribution is 7.93. The van der Waals surface area contributed by atoms with Gasteiger partial charge in [0.2, 0.25) is 5.91 Å². The fourth-order valence-corrected chi connectivity index (χ4v) is 19.4. The minimum Gasteiger partial charge on any atom is -0.393 e. The van der Waals surface area contributed by atoms with Gasteiger partial charge >= 0.3 is 0 Å². The Morgan fingerprint density at radius 2 is 1.29 bits per heavy atom. The Morgan fingerprint density at radius 1 is 0.681 bits per heavy atom. The van der Waals surface area contributed by atoms with Gasteiger partial charge in [0, 0.05) is 31.6 Å². The number of ketones is 1. The summed E-state index contributed by atoms with van der Waals surface area (Å²) in [4.78, 5) is 25.1. The van der Waals surface area contributed by atoms with Crippen LogP contribution in [0.25, 0.3) is 0 Å². The molecule has 6 N–H and O–H groups in total. The van der Waals surface area contributed by atoms with Crippen LogP contribution in [0.1, 0.15) is 264 Å². The van der Waals surface area contributed by atoms with E-state index >= 15 is 0 Å². The number of carbonyl (C=O) groups excluding carboxylic acids is 2. The highest BCUT2D eigenvalue weighted by atomic mass is 32.2. The van der Waals surface area contributed by atoms with Crippen LogP contribution in [0, 0.1) is 97.1 Å². The van der Waals surface area contributed by atoms with Gasteiger partial charge < -0.3 is 25.8 Å². The van der Waals surface area contributed by atoms with Crippen LogP contribution in [0.4, 0.5) is 0 Å². The van der Waals surface area contributed by atoms with Gasteiger partial charge in [0.1, 0.15) is 5.78 Å². The third-order valence-electron chi connectivity index (χ3n) is 24.7. The monoisotopic (exact) mass is 1030 g/mol. The van der Waals surface area contributed by atoms with Crippen molar-refractivity contribution in [2.75, 3.05) is 19.3 Å². The number of hydrogen-bond acceptors (Lipinski definition) is 7. The number of aliphatic hydroxyl groups excluding tert-OH is 2. The van der Waals surface area contributed by atoms with Crippen molar-refractivity contribution in [2.45, 2.75) is 277 Å². The molecule has 8 rings (SSSR count). The molecule has 0 spiro atoms. The normalized spacial score (nSPS) is 41.1. The van der Waals surface area contributed by atoms with E-state index in [9.17, 15) is 19.8 Å². The lowest BCUT2D eigenvalue weighted by Gasteiger charge is -2.67. The van der Waals surface area contributed by atoms with Gasteiger partial charge in [-0.2, -0.15) is 0 Å². The molecular formula is C64H120N2O5S. The average Bonchev–Trinajstić information content (AvgIpc) is 3.89. The molecule has 0 aromatic heterocycles. The molecule has 8 fully saturated rings. The molecule has 17 atom stereocenters. The molecule has 0 saturated heterocycles. The van der Waals surface area contributed by atoms with Crippen LogP contribution >= 0.6 is 12.0 Å². The standard InChI is InChI=1S/C33H58O2.C26H45NO3S.2C2H6.CH5N/c1-9-29(2,3)30(4,5)22-25(34)15-12-14-23-16-17-26-28-27(35)21-24-13-10-11-18-32(24,7)33(28,8)20-19-31(23,26)6;1-17(7-10-23(29)27-14-15-31-30)19-8-9-20-24-21(11-13-26(19,20)3)25(2)12-5-4-6-18(25)16-22(24)28;3*1-2/h23-24,26-28,35H,9-22H2,1-8H3;17-22,24,28,30H,4-16H2,1-3H3,(H,27,29);2*1-2H3;2H2,1H3. The van der Waals surface area contributed by atoms with Crippen LogP contribution in [-0.4, -0.2) is 58.0 Å². The Kier molecular flexibility index (Phi) is 23.8. The lowest BCUT2D eigenvalue weighted by Crippen LogP contribution is -2.63. The van der Waals surface area contributed by atoms with Crippen LogP contribution < -0.4 is 11.1 Å². The molecule has 7 nitrogen and oxygen atoms in total. The van der Waals surface area contributed by atoms with Gasteiger partial charge in [0.05, 0.1) is 12.2 Å². The van der Waals surface area contributed by atoms with Gasteiger partial charge in [-0.15, -0.1) is 0 Å². The van der Waals surface area contributed by atoms with Crippen LogP contribution in [0.15, 0.2) is 0 Å². The number of rotatable bonds is 15. The molecule has 8 heteroatoms. The van der Waals surface area contributed by atoms with Gasteiger partial charge in [-0.1, -0.05) is 136 Å². The van der Waals surface area contributed by atoms with E-state index in [-0.39, 0.29) is 28.9 Å². The first-order valence-corrected chi connectivity index (χ1v) is 32.0. The molecule has 0 heterocycles. The number of amides is 1. The second-order valence-corrected chi connectivity index (χ2v) is 28.4. The van der Waals surface area contributed by atoms with Crippen molar-refractivity contribution in [3.63, 3.8) is 0 Å². The van der Waals surface area contributed by atoms with Gasteiger partial charge in [0.15, 0.2) is 0 Å². The Bertz CT molecular complexity index is 1670. The summed E-state index contributed by atoms with van der Waals surface area (Å²) in [5.74, 6) is 7.54. The summed E-state index contributed by atoms with van der Waals surface area (Å²) in [5.41, 5.74) is 6.60. The largest absolute Gasteiger partial charge is 0.393 e. The number of fused-ring (bicyclic) bond motifs is 10. The molecule has 0 bridgehead atoms. The van der Waals surface area contributed by atoms with Crippen molar-refractivity contribution in [2.24, 2.45) is 103 Å². The zero-order valence-electron chi connectivity index (χ0n) is 50.2. The molecule has 17 unspecified atom stereocenters. The molecule has 0 radical (unpaired) electrons. The first-order valence-electron chi connectivity index (χ1n) is 31.0. The smallest absolute Gasteiger partial charge is 0.220 e. The summed E-state index contributed by atoms with van der Waals surface area (Å²) in [6, 6.07) is 0. The van der Waals surface area contributed by atoms with E-state index in [1.807, 2.05) is 27.7 Å². The fourth-order valence-electron chi connectivity index (χ4n) is 19.2. The van der Waals surface area contributed by atoms with Crippen LogP contribution in [-0.2, 0) is 9.59 Å². The number of carbonyl (C=O) groups is 2. The quantitative estimate of drug-likeness (QED) is 0.0815. The molecule has 8 aliphatic rings. The van der Waals surface area contributed by atoms with E-state index in [2.05, 4.69) is 87.2 Å². The summed E-state index contributed by atoms with van der Waals surface area (Å²) in [7, 11) is 1.50. The summed E-state index contributed by atoms with van der Waals surface area (Å²) >= 11 is 0.781. The maximum absolute atomic E-state index is 13.0. The molecule has 72 heavy (non-hydrogen) atoms. The Morgan fingerprint density at radius 3 is 1.94 bits per heavy atom. The average molecular weight is 1030 g/mol. The zero-order valence-corrected chi connectivity index (χ0v) is 51.0. The topological polar surface area (TPSA) is 133 Å². The summed E-state index contributed by atoms with van der Waals surface area (Å²) in [6.45, 7) is 35.2. The van der Waals surface area contributed by atoms with E-state index in [1.54, 1.807) is 0 Å². The highest BCUT2D eigenvalue weighted by Crippen LogP contribution is 2.73. The first kappa shape index (κ1) is 63.9. The van der Waals surface area contributed by atoms with Gasteiger partial charge in [0.25, 0.3) is 0 Å². The molecule has 0 aliphatic heterocycles. The maximum Gasteiger partial charge on any atom is 0.220 e. The number of hydrogen-bond donors (Lipinski definition) is 5. The third-order valence-corrected chi connectivity index (χ3v) is 25.1. The van der Waals surface area contributed by atoms with E-state index in [4.69, 9.17) is 4.55 Å². The number of nitrogens with two attached hydrogens (primary N) is 1. The highest BCUT2D eigenvalue weighted by Gasteiger charge is 2.67. The Hall–Kier alpha value is -0.670. The van der Waals surface area contributed by atoms with Gasteiger partial charge in [-0.3, -0.25) is 9.59 Å². The van der Waals surface area contributed by atoms with Crippen molar-refractivity contribution in [1.29, 1.82) is 0 Å². The van der Waals surface area contributed by atoms with Crippen molar-refractivity contribution in [3.05, 3.63) is 0 Å². The van der Waals surface area contributed by atoms with E-state index in [0.29, 0.717) is 99.4 Å². The van der Waals surface area contributed by atoms with Crippen molar-refractivity contribution in [3.8, 4) is 0 Å². The molecule has 8 saturated carbocycles. The van der Waals surface area contributed by atoms with Crippen LogP contribution in [0.3, 0.4) is 0 Å². The lowest BCUT2D eigenvalue weighted by atomic mass is 9.38. The third kappa shape index (κ3) is 12.6. The molecule has 422 valence electrons. The summed E-state index contributed by atoms with van der Waals surface area (Å²) in [5, 5.41) is 25.8. The predicted molar refractivity (Wildman–Crippen MR) is 308 cm³/mol. The summed E-state index contributed by atoms with van der Waals surface area (Å²) < 4.78 is 8.81. The van der Waals surface area contributed by atoms with E-state index in [1.165, 1.54) is 116 Å². The minimum absolute atomic E-state index is 0.0568. The second-order valence-electron chi connectivity index (χ2n) is 27.7. The van der Waals surface area contributed by atoms with Crippen LogP contribution in [0.2, 0.25) is 0 Å². The number of Topliss-reactive ketones (excluding diaryl/α,β-unsaturated/α-hetero) is 1. The summed E-state index contributed by atoms with van der Waals surface area (Å²) in [6.07, 6.45) is 29.5. The Labute approximate surface area is 450 Å². The van der Waals surface area contributed by atoms with Crippen molar-refractivity contribution < 1.29 is 24.4 Å². The molecule has 0 aromatic carbocycles. The van der Waals surface area contributed by atoms with Gasteiger partial charge in [-0.05, 0) is 225 Å². The number of aliphatic hydroxyl groups is 2. The second kappa shape index (κ2) is 26.8. The Balaban J connectivity index is 0.000000285. The fraction of sp³-hybridized carbons (Fsp3) is 0.969. The van der Waals surface area contributed by atoms with E-state index in [0.717, 1.165) is 68.3 Å². The van der Waals surface area contributed by atoms with Crippen LogP contribution in [0.5, 0.6) is 0 Å².